The highest BCUT2D eigenvalue weighted by Crippen LogP contribution is 2.24. The molecule has 0 radical (unpaired) electrons. The fraction of sp³-hybridized carbons (Fsp3) is 0.500. The van der Waals surface area contributed by atoms with Crippen molar-refractivity contribution < 1.29 is 0 Å². The fourth-order valence-corrected chi connectivity index (χ4v) is 2.80. The van der Waals surface area contributed by atoms with Crippen LogP contribution in [0, 0.1) is 0 Å². The summed E-state index contributed by atoms with van der Waals surface area (Å²) in [7, 11) is 0. The Labute approximate surface area is 113 Å². The number of unbranched alkanes of at least 4 members (excludes halogenated alkanes) is 1. The van der Waals surface area contributed by atoms with Crippen LogP contribution >= 0.6 is 11.8 Å². The van der Waals surface area contributed by atoms with Gasteiger partial charge in [0.1, 0.15) is 0 Å². The maximum absolute atomic E-state index is 4.59. The second-order valence-electron chi connectivity index (χ2n) is 4.37. The van der Waals surface area contributed by atoms with E-state index in [0.717, 1.165) is 31.2 Å². The molecule has 18 heavy (non-hydrogen) atoms. The number of nitrogens with one attached hydrogen (secondary N) is 2. The summed E-state index contributed by atoms with van der Waals surface area (Å²) in [6.45, 7) is 4.25. The third kappa shape index (κ3) is 4.26. The number of nitrogens with zero attached hydrogens (tertiary/aromatic N) is 1. The molecule has 98 valence electrons. The van der Waals surface area contributed by atoms with Crippen molar-refractivity contribution in [3.63, 3.8) is 0 Å². The van der Waals surface area contributed by atoms with Crippen LogP contribution < -0.4 is 10.6 Å². The second-order valence-corrected chi connectivity index (χ2v) is 5.54. The quantitative estimate of drug-likeness (QED) is 0.633. The number of hydrogen-bond donors (Lipinski definition) is 2. The Kier molecular flexibility index (Phi) is 5.39. The number of benzene rings is 1. The van der Waals surface area contributed by atoms with Gasteiger partial charge < -0.3 is 10.6 Å². The first-order chi connectivity index (χ1) is 8.88. The average Bonchev–Trinajstić information content (AvgIpc) is 2.41. The number of rotatable bonds is 5. The zero-order chi connectivity index (χ0) is 12.6. The van der Waals surface area contributed by atoms with E-state index in [1.807, 2.05) is 11.8 Å². The highest BCUT2D eigenvalue weighted by atomic mass is 32.2. The third-order valence-corrected chi connectivity index (χ3v) is 3.84. The molecule has 0 unspecified atom stereocenters. The molecule has 0 atom stereocenters. The Morgan fingerprint density at radius 2 is 2.11 bits per heavy atom. The normalized spacial score (nSPS) is 14.8. The monoisotopic (exact) mass is 263 g/mol. The molecule has 1 aromatic rings. The van der Waals surface area contributed by atoms with Crippen LogP contribution in [0.1, 0.15) is 26.2 Å². The van der Waals surface area contributed by atoms with Crippen LogP contribution in [-0.2, 0) is 0 Å². The summed E-state index contributed by atoms with van der Waals surface area (Å²) in [5.41, 5.74) is 1.02. The zero-order valence-electron chi connectivity index (χ0n) is 10.9. The number of aliphatic imine (C=N–C) groups is 1. The van der Waals surface area contributed by atoms with Crippen molar-refractivity contribution in [3.8, 4) is 0 Å². The minimum atomic E-state index is 0.900. The first-order valence-electron chi connectivity index (χ1n) is 6.68. The van der Waals surface area contributed by atoms with Crippen molar-refractivity contribution in [1.29, 1.82) is 0 Å². The van der Waals surface area contributed by atoms with Gasteiger partial charge in [-0.3, -0.25) is 0 Å². The lowest BCUT2D eigenvalue weighted by atomic mass is 10.3. The largest absolute Gasteiger partial charge is 0.356 e. The Hall–Kier alpha value is -1.16. The molecular formula is C14H21N3S. The first kappa shape index (κ1) is 13.3. The van der Waals surface area contributed by atoms with Gasteiger partial charge in [-0.1, -0.05) is 19.4 Å². The van der Waals surface area contributed by atoms with E-state index in [2.05, 4.69) is 46.8 Å². The standard InChI is InChI=1S/C14H21N3S/c1-2-3-10-18-13-7-4-6-12(11-13)17-14-15-8-5-9-16-14/h4,6-7,11H,2-3,5,8-10H2,1H3,(H2,15,16,17). The van der Waals surface area contributed by atoms with Gasteiger partial charge in [-0.05, 0) is 36.8 Å². The molecule has 1 saturated heterocycles. The minimum Gasteiger partial charge on any atom is -0.356 e. The minimum absolute atomic E-state index is 0.900. The van der Waals surface area contributed by atoms with Crippen LogP contribution in [0.25, 0.3) is 0 Å². The summed E-state index contributed by atoms with van der Waals surface area (Å²) in [4.78, 5) is 5.89. The molecular weight excluding hydrogens is 242 g/mol. The highest BCUT2D eigenvalue weighted by Gasteiger charge is 2.04. The van der Waals surface area contributed by atoms with Gasteiger partial charge in [-0.2, -0.15) is 0 Å². The molecule has 3 nitrogen and oxygen atoms in total. The van der Waals surface area contributed by atoms with Gasteiger partial charge in [0.05, 0.1) is 5.69 Å². The van der Waals surface area contributed by atoms with Crippen molar-refractivity contribution >= 4 is 23.4 Å². The van der Waals surface area contributed by atoms with Gasteiger partial charge in [0, 0.05) is 18.0 Å². The summed E-state index contributed by atoms with van der Waals surface area (Å²) >= 11 is 1.91. The first-order valence-corrected chi connectivity index (χ1v) is 7.66. The van der Waals surface area contributed by atoms with E-state index in [9.17, 15) is 0 Å². The molecule has 1 heterocycles. The van der Waals surface area contributed by atoms with E-state index in [1.165, 1.54) is 23.5 Å². The summed E-state index contributed by atoms with van der Waals surface area (Å²) in [5.74, 6) is 2.09. The predicted octanol–water partition coefficient (Wildman–Crippen LogP) is 3.15. The number of hydrogen-bond acceptors (Lipinski definition) is 2. The van der Waals surface area contributed by atoms with Crippen molar-refractivity contribution in [2.24, 2.45) is 4.99 Å². The van der Waals surface area contributed by atoms with E-state index in [-0.39, 0.29) is 0 Å². The van der Waals surface area contributed by atoms with Crippen LogP contribution in [0.5, 0.6) is 0 Å². The van der Waals surface area contributed by atoms with Gasteiger partial charge in [-0.25, -0.2) is 4.99 Å². The number of guanidine groups is 1. The number of thioether (sulfide) groups is 1. The lowest BCUT2D eigenvalue weighted by Gasteiger charge is -2.17. The molecule has 0 bridgehead atoms. The van der Waals surface area contributed by atoms with Crippen LogP contribution in [0.4, 0.5) is 5.69 Å². The molecule has 0 saturated carbocycles. The molecule has 2 N–H and O–H groups in total. The van der Waals surface area contributed by atoms with Crippen LogP contribution in [0.3, 0.4) is 0 Å². The smallest absolute Gasteiger partial charge is 0.196 e. The maximum Gasteiger partial charge on any atom is 0.196 e. The van der Waals surface area contributed by atoms with Gasteiger partial charge >= 0.3 is 0 Å². The summed E-state index contributed by atoms with van der Waals surface area (Å²) < 4.78 is 0. The molecule has 1 aliphatic heterocycles. The average molecular weight is 263 g/mol. The van der Waals surface area contributed by atoms with Crippen molar-refractivity contribution in [2.45, 2.75) is 31.1 Å². The van der Waals surface area contributed by atoms with Crippen LogP contribution in [0.15, 0.2) is 34.2 Å². The van der Waals surface area contributed by atoms with E-state index < -0.39 is 0 Å². The summed E-state index contributed by atoms with van der Waals surface area (Å²) in [5, 5.41) is 6.54. The van der Waals surface area contributed by atoms with E-state index in [1.54, 1.807) is 0 Å². The van der Waals surface area contributed by atoms with Crippen LogP contribution in [0.2, 0.25) is 0 Å². The summed E-state index contributed by atoms with van der Waals surface area (Å²) in [6, 6.07) is 8.45. The molecule has 1 aromatic carbocycles. The SMILES string of the molecule is CCCCSc1cccc(N=C2NCCCN2)c1. The van der Waals surface area contributed by atoms with Gasteiger partial charge in [0.25, 0.3) is 0 Å². The lowest BCUT2D eigenvalue weighted by Crippen LogP contribution is -2.43. The molecule has 1 aliphatic rings. The third-order valence-electron chi connectivity index (χ3n) is 2.76. The van der Waals surface area contributed by atoms with Gasteiger partial charge in [0.2, 0.25) is 0 Å². The topological polar surface area (TPSA) is 36.4 Å². The lowest BCUT2D eigenvalue weighted by molar-refractivity contribution is 0.668. The molecule has 4 heteroatoms. The van der Waals surface area contributed by atoms with Crippen molar-refractivity contribution in [3.05, 3.63) is 24.3 Å². The van der Waals surface area contributed by atoms with E-state index >= 15 is 0 Å². The molecule has 0 aliphatic carbocycles. The molecule has 0 aromatic heterocycles. The van der Waals surface area contributed by atoms with E-state index in [4.69, 9.17) is 0 Å². The molecule has 2 rings (SSSR count). The van der Waals surface area contributed by atoms with Gasteiger partial charge in [0.15, 0.2) is 5.96 Å². The molecule has 0 amide bonds. The zero-order valence-corrected chi connectivity index (χ0v) is 11.7. The fourth-order valence-electron chi connectivity index (χ4n) is 1.75. The Balaban J connectivity index is 1.97. The molecule has 1 fully saturated rings. The Bertz CT molecular complexity index is 396. The Morgan fingerprint density at radius 3 is 2.89 bits per heavy atom. The second kappa shape index (κ2) is 7.31. The van der Waals surface area contributed by atoms with Crippen molar-refractivity contribution in [1.82, 2.24) is 10.6 Å². The molecule has 0 spiro atoms. The van der Waals surface area contributed by atoms with Crippen LogP contribution in [-0.4, -0.2) is 24.8 Å². The highest BCUT2D eigenvalue weighted by molar-refractivity contribution is 7.99. The van der Waals surface area contributed by atoms with Gasteiger partial charge in [-0.15, -0.1) is 11.8 Å². The summed E-state index contributed by atoms with van der Waals surface area (Å²) in [6.07, 6.45) is 3.68. The van der Waals surface area contributed by atoms with E-state index in [0.29, 0.717) is 0 Å². The Morgan fingerprint density at radius 1 is 1.28 bits per heavy atom. The maximum atomic E-state index is 4.59. The van der Waals surface area contributed by atoms with Crippen molar-refractivity contribution in [2.75, 3.05) is 18.8 Å². The predicted molar refractivity (Wildman–Crippen MR) is 79.8 cm³/mol.